The molecule has 0 saturated heterocycles. The molecule has 1 N–H and O–H groups in total. The Morgan fingerprint density at radius 1 is 1.17 bits per heavy atom. The van der Waals surface area contributed by atoms with Crippen LogP contribution in [0.15, 0.2) is 52.3 Å². The van der Waals surface area contributed by atoms with Gasteiger partial charge in [-0.3, -0.25) is 9.59 Å². The van der Waals surface area contributed by atoms with Crippen molar-refractivity contribution in [3.63, 3.8) is 0 Å². The first-order valence-electron chi connectivity index (χ1n) is 10.7. The van der Waals surface area contributed by atoms with Crippen molar-refractivity contribution in [2.75, 3.05) is 30.5 Å². The van der Waals surface area contributed by atoms with E-state index in [-0.39, 0.29) is 11.8 Å². The normalized spacial score (nSPS) is 16.2. The van der Waals surface area contributed by atoms with Gasteiger partial charge in [0.1, 0.15) is 0 Å². The number of benzene rings is 2. The molecule has 6 heteroatoms. The number of carbonyl (C=O) groups is 2. The third-order valence-electron chi connectivity index (χ3n) is 5.89. The molecule has 0 atom stereocenters. The molecule has 1 aliphatic heterocycles. The van der Waals surface area contributed by atoms with Gasteiger partial charge in [0.05, 0.1) is 17.9 Å². The van der Waals surface area contributed by atoms with Gasteiger partial charge in [0, 0.05) is 35.6 Å². The maximum atomic E-state index is 13.2. The molecule has 2 aromatic rings. The van der Waals surface area contributed by atoms with Gasteiger partial charge in [-0.1, -0.05) is 49.6 Å². The lowest BCUT2D eigenvalue weighted by Crippen LogP contribution is -2.33. The number of hydrogen-bond donors (Lipinski definition) is 1. The summed E-state index contributed by atoms with van der Waals surface area (Å²) in [6.07, 6.45) is 6.65. The number of anilines is 2. The van der Waals surface area contributed by atoms with Crippen molar-refractivity contribution in [3.05, 3.63) is 48.0 Å². The second kappa shape index (κ2) is 9.67. The Labute approximate surface area is 182 Å². The fourth-order valence-electron chi connectivity index (χ4n) is 4.26. The Balaban J connectivity index is 1.54. The van der Waals surface area contributed by atoms with E-state index in [2.05, 4.69) is 5.32 Å². The maximum Gasteiger partial charge on any atom is 0.259 e. The van der Waals surface area contributed by atoms with Gasteiger partial charge >= 0.3 is 0 Å². The predicted molar refractivity (Wildman–Crippen MR) is 120 cm³/mol. The molecule has 1 fully saturated rings. The Hall–Kier alpha value is -2.31. The lowest BCUT2D eigenvalue weighted by Gasteiger charge is -2.23. The van der Waals surface area contributed by atoms with Crippen LogP contribution in [0.1, 0.15) is 48.9 Å². The quantitative estimate of drug-likeness (QED) is 0.651. The highest BCUT2D eigenvalue weighted by atomic mass is 32.2. The van der Waals surface area contributed by atoms with Gasteiger partial charge in [-0.2, -0.15) is 0 Å². The monoisotopic (exact) mass is 424 g/mol. The smallest absolute Gasteiger partial charge is 0.259 e. The number of amides is 2. The van der Waals surface area contributed by atoms with Crippen molar-refractivity contribution in [3.8, 4) is 0 Å². The number of nitrogens with one attached hydrogen (secondary N) is 1. The average Bonchev–Trinajstić information content (AvgIpc) is 3.24. The van der Waals surface area contributed by atoms with Gasteiger partial charge in [0.25, 0.3) is 5.91 Å². The van der Waals surface area contributed by atoms with Crippen LogP contribution in [-0.4, -0.2) is 32.1 Å². The van der Waals surface area contributed by atoms with Crippen LogP contribution in [-0.2, 0) is 9.53 Å². The molecule has 0 bridgehead atoms. The minimum atomic E-state index is -0.0257. The number of nitrogens with zero attached hydrogens (tertiary/aromatic N) is 1. The SMILES string of the molecule is COCCN1C(=O)c2ccccc2Sc2cc(NC(=O)CCC3CCCC3)ccc21. The summed E-state index contributed by atoms with van der Waals surface area (Å²) in [5.41, 5.74) is 2.32. The molecule has 158 valence electrons. The highest BCUT2D eigenvalue weighted by Crippen LogP contribution is 2.42. The molecule has 4 rings (SSSR count). The van der Waals surface area contributed by atoms with Crippen LogP contribution in [0.2, 0.25) is 0 Å². The molecular formula is C24H28N2O3S. The number of methoxy groups -OCH3 is 1. The van der Waals surface area contributed by atoms with Gasteiger partial charge in [0.15, 0.2) is 0 Å². The third kappa shape index (κ3) is 4.71. The van der Waals surface area contributed by atoms with Gasteiger partial charge in [-0.05, 0) is 42.7 Å². The topological polar surface area (TPSA) is 58.6 Å². The number of hydrogen-bond acceptors (Lipinski definition) is 4. The van der Waals surface area contributed by atoms with Gasteiger partial charge in [-0.25, -0.2) is 0 Å². The van der Waals surface area contributed by atoms with Crippen molar-refractivity contribution in [1.82, 2.24) is 0 Å². The fourth-order valence-corrected chi connectivity index (χ4v) is 5.38. The van der Waals surface area contributed by atoms with Crippen LogP contribution in [0.4, 0.5) is 11.4 Å². The molecule has 30 heavy (non-hydrogen) atoms. The van der Waals surface area contributed by atoms with Crippen LogP contribution < -0.4 is 10.2 Å². The van der Waals surface area contributed by atoms with Gasteiger partial charge in [-0.15, -0.1) is 0 Å². The zero-order valence-corrected chi connectivity index (χ0v) is 18.2. The molecule has 2 aromatic carbocycles. The summed E-state index contributed by atoms with van der Waals surface area (Å²) in [4.78, 5) is 29.3. The Morgan fingerprint density at radius 2 is 1.97 bits per heavy atom. The lowest BCUT2D eigenvalue weighted by molar-refractivity contribution is -0.116. The maximum absolute atomic E-state index is 13.2. The Kier molecular flexibility index (Phi) is 6.75. The summed E-state index contributed by atoms with van der Waals surface area (Å²) in [5, 5.41) is 3.05. The molecule has 1 saturated carbocycles. The van der Waals surface area contributed by atoms with Crippen LogP contribution in [0.5, 0.6) is 0 Å². The molecular weight excluding hydrogens is 396 g/mol. The number of carbonyl (C=O) groups excluding carboxylic acids is 2. The fraction of sp³-hybridized carbons (Fsp3) is 0.417. The molecule has 0 spiro atoms. The van der Waals surface area contributed by atoms with Gasteiger partial charge < -0.3 is 15.0 Å². The number of rotatable bonds is 7. The van der Waals surface area contributed by atoms with E-state index in [1.807, 2.05) is 42.5 Å². The largest absolute Gasteiger partial charge is 0.383 e. The first-order valence-corrected chi connectivity index (χ1v) is 11.5. The second-order valence-electron chi connectivity index (χ2n) is 7.97. The summed E-state index contributed by atoms with van der Waals surface area (Å²) in [6.45, 7) is 0.933. The summed E-state index contributed by atoms with van der Waals surface area (Å²) in [6, 6.07) is 13.4. The first kappa shape index (κ1) is 20.9. The zero-order chi connectivity index (χ0) is 20.9. The van der Waals surface area contributed by atoms with Crippen molar-refractivity contribution in [1.29, 1.82) is 0 Å². The third-order valence-corrected chi connectivity index (χ3v) is 7.01. The van der Waals surface area contributed by atoms with E-state index in [1.54, 1.807) is 23.8 Å². The van der Waals surface area contributed by atoms with Crippen molar-refractivity contribution in [2.45, 2.75) is 48.3 Å². The highest BCUT2D eigenvalue weighted by molar-refractivity contribution is 7.99. The number of fused-ring (bicyclic) bond motifs is 2. The van der Waals surface area contributed by atoms with Gasteiger partial charge in [0.2, 0.25) is 5.91 Å². The summed E-state index contributed by atoms with van der Waals surface area (Å²) in [5.74, 6) is 0.741. The van der Waals surface area contributed by atoms with Crippen molar-refractivity contribution < 1.29 is 14.3 Å². The standard InChI is InChI=1S/C24H28N2O3S/c1-29-15-14-26-20-12-11-18(25-23(27)13-10-17-6-2-3-7-17)16-22(20)30-21-9-5-4-8-19(21)24(26)28/h4-5,8-9,11-12,16-17H,2-3,6-7,10,13-15H2,1H3,(H,25,27). The highest BCUT2D eigenvalue weighted by Gasteiger charge is 2.27. The number of ether oxygens (including phenoxy) is 1. The molecule has 2 amide bonds. The molecule has 0 unspecified atom stereocenters. The molecule has 1 aliphatic carbocycles. The molecule has 5 nitrogen and oxygen atoms in total. The van der Waals surface area contributed by atoms with E-state index in [1.165, 1.54) is 25.7 Å². The van der Waals surface area contributed by atoms with Crippen LogP contribution in [0.25, 0.3) is 0 Å². The Morgan fingerprint density at radius 3 is 2.77 bits per heavy atom. The van der Waals surface area contributed by atoms with Crippen molar-refractivity contribution >= 4 is 35.0 Å². The van der Waals surface area contributed by atoms with E-state index in [9.17, 15) is 9.59 Å². The zero-order valence-electron chi connectivity index (χ0n) is 17.4. The van der Waals surface area contributed by atoms with E-state index in [4.69, 9.17) is 4.74 Å². The second-order valence-corrected chi connectivity index (χ2v) is 9.05. The van der Waals surface area contributed by atoms with Crippen LogP contribution in [0, 0.1) is 5.92 Å². The van der Waals surface area contributed by atoms with Crippen LogP contribution in [0.3, 0.4) is 0 Å². The summed E-state index contributed by atoms with van der Waals surface area (Å²) in [7, 11) is 1.64. The Bertz CT molecular complexity index is 924. The predicted octanol–water partition coefficient (Wildman–Crippen LogP) is 5.35. The summed E-state index contributed by atoms with van der Waals surface area (Å²) >= 11 is 1.56. The molecule has 2 aliphatic rings. The average molecular weight is 425 g/mol. The first-order chi connectivity index (χ1) is 14.7. The van der Waals surface area contributed by atoms with E-state index >= 15 is 0 Å². The molecule has 0 aromatic heterocycles. The van der Waals surface area contributed by atoms with E-state index in [0.29, 0.717) is 31.1 Å². The van der Waals surface area contributed by atoms with E-state index < -0.39 is 0 Å². The molecule has 0 radical (unpaired) electrons. The van der Waals surface area contributed by atoms with E-state index in [0.717, 1.165) is 27.6 Å². The summed E-state index contributed by atoms with van der Waals surface area (Å²) < 4.78 is 5.22. The minimum absolute atomic E-state index is 0.0257. The molecule has 1 heterocycles. The minimum Gasteiger partial charge on any atom is -0.383 e. The lowest BCUT2D eigenvalue weighted by atomic mass is 10.0. The van der Waals surface area contributed by atoms with Crippen LogP contribution >= 0.6 is 11.8 Å². The van der Waals surface area contributed by atoms with Crippen molar-refractivity contribution in [2.24, 2.45) is 5.92 Å².